The number of hydrogen-bond donors (Lipinski definition) is 1. The van der Waals surface area contributed by atoms with Crippen LogP contribution in [0.2, 0.25) is 5.02 Å². The largest absolute Gasteiger partial charge is 0.377 e. The summed E-state index contributed by atoms with van der Waals surface area (Å²) < 4.78 is 19.8. The first-order valence-corrected chi connectivity index (χ1v) is 7.72. The van der Waals surface area contributed by atoms with Gasteiger partial charge in [-0.25, -0.2) is 4.39 Å². The van der Waals surface area contributed by atoms with Gasteiger partial charge in [-0.15, -0.1) is 0 Å². The molecule has 1 N–H and O–H groups in total. The molecule has 20 heavy (non-hydrogen) atoms. The van der Waals surface area contributed by atoms with E-state index in [1.807, 2.05) is 0 Å². The minimum Gasteiger partial charge on any atom is -0.377 e. The van der Waals surface area contributed by atoms with Gasteiger partial charge in [0.05, 0.1) is 5.60 Å². The summed E-state index contributed by atoms with van der Waals surface area (Å²) in [6.45, 7) is 3.03. The Morgan fingerprint density at radius 1 is 1.45 bits per heavy atom. The Morgan fingerprint density at radius 3 is 2.70 bits per heavy atom. The zero-order valence-electron chi connectivity index (χ0n) is 12.2. The predicted molar refractivity (Wildman–Crippen MR) is 80.8 cm³/mol. The lowest BCUT2D eigenvalue weighted by Gasteiger charge is -2.47. The number of rotatable bonds is 7. The van der Waals surface area contributed by atoms with E-state index in [2.05, 4.69) is 12.2 Å². The number of benzene rings is 1. The Kier molecular flexibility index (Phi) is 5.42. The maximum Gasteiger partial charge on any atom is 0.127 e. The molecule has 1 aliphatic rings. The van der Waals surface area contributed by atoms with Gasteiger partial charge in [0.25, 0.3) is 0 Å². The van der Waals surface area contributed by atoms with Gasteiger partial charge >= 0.3 is 0 Å². The minimum absolute atomic E-state index is 0.107. The van der Waals surface area contributed by atoms with Crippen LogP contribution in [0.15, 0.2) is 18.2 Å². The first-order valence-electron chi connectivity index (χ1n) is 7.34. The number of halogens is 2. The van der Waals surface area contributed by atoms with E-state index in [1.165, 1.54) is 12.5 Å². The maximum atomic E-state index is 14.0. The van der Waals surface area contributed by atoms with Crippen molar-refractivity contribution in [3.05, 3.63) is 34.6 Å². The average Bonchev–Trinajstić information content (AvgIpc) is 2.38. The van der Waals surface area contributed by atoms with Gasteiger partial charge < -0.3 is 10.1 Å². The summed E-state index contributed by atoms with van der Waals surface area (Å²) in [6, 6.07) is 4.97. The molecule has 1 fully saturated rings. The molecule has 0 bridgehead atoms. The highest BCUT2D eigenvalue weighted by Crippen LogP contribution is 2.40. The van der Waals surface area contributed by atoms with E-state index in [0.29, 0.717) is 17.0 Å². The van der Waals surface area contributed by atoms with Gasteiger partial charge in [-0.2, -0.15) is 0 Å². The second kappa shape index (κ2) is 6.88. The van der Waals surface area contributed by atoms with Crippen molar-refractivity contribution in [2.75, 3.05) is 13.7 Å². The molecule has 0 saturated heterocycles. The van der Waals surface area contributed by atoms with Gasteiger partial charge in [-0.05, 0) is 50.8 Å². The molecule has 1 aliphatic carbocycles. The van der Waals surface area contributed by atoms with Crippen molar-refractivity contribution in [2.24, 2.45) is 0 Å². The maximum absolute atomic E-state index is 14.0. The molecule has 2 nitrogen and oxygen atoms in total. The van der Waals surface area contributed by atoms with E-state index in [4.69, 9.17) is 16.3 Å². The van der Waals surface area contributed by atoms with Crippen molar-refractivity contribution in [1.82, 2.24) is 5.32 Å². The van der Waals surface area contributed by atoms with Crippen LogP contribution in [0.4, 0.5) is 4.39 Å². The molecule has 0 amide bonds. The summed E-state index contributed by atoms with van der Waals surface area (Å²) in [4.78, 5) is 0. The fourth-order valence-corrected chi connectivity index (χ4v) is 3.15. The van der Waals surface area contributed by atoms with E-state index in [9.17, 15) is 4.39 Å². The van der Waals surface area contributed by atoms with Crippen LogP contribution in [0.3, 0.4) is 0 Å². The molecule has 4 heteroatoms. The van der Waals surface area contributed by atoms with Gasteiger partial charge in [0.1, 0.15) is 5.82 Å². The zero-order chi connectivity index (χ0) is 14.6. The van der Waals surface area contributed by atoms with Crippen LogP contribution < -0.4 is 5.32 Å². The molecule has 2 rings (SSSR count). The zero-order valence-corrected chi connectivity index (χ0v) is 13.0. The number of ether oxygens (including phenoxy) is 1. The summed E-state index contributed by atoms with van der Waals surface area (Å²) in [5.41, 5.74) is 0.423. The van der Waals surface area contributed by atoms with Gasteiger partial charge in [0, 0.05) is 23.7 Å². The van der Waals surface area contributed by atoms with Gasteiger partial charge in [0.15, 0.2) is 0 Å². The fraction of sp³-hybridized carbons (Fsp3) is 0.625. The predicted octanol–water partition coefficient (Wildman–Crippen LogP) is 3.96. The summed E-state index contributed by atoms with van der Waals surface area (Å²) in [5, 5.41) is 4.01. The molecule has 0 heterocycles. The van der Waals surface area contributed by atoms with Crippen molar-refractivity contribution in [3.63, 3.8) is 0 Å². The summed E-state index contributed by atoms with van der Waals surface area (Å²) in [5.74, 6) is -0.230. The van der Waals surface area contributed by atoms with Crippen molar-refractivity contribution in [3.8, 4) is 0 Å². The highest BCUT2D eigenvalue weighted by Gasteiger charge is 2.44. The summed E-state index contributed by atoms with van der Waals surface area (Å²) in [6.07, 6.45) is 4.83. The summed E-state index contributed by atoms with van der Waals surface area (Å²) >= 11 is 6.15. The van der Waals surface area contributed by atoms with Crippen LogP contribution >= 0.6 is 11.6 Å². The van der Waals surface area contributed by atoms with E-state index in [0.717, 1.165) is 25.8 Å². The molecule has 112 valence electrons. The fourth-order valence-electron chi connectivity index (χ4n) is 2.91. The van der Waals surface area contributed by atoms with Crippen LogP contribution in [0, 0.1) is 5.82 Å². The Labute approximate surface area is 125 Å². The minimum atomic E-state index is -0.230. The topological polar surface area (TPSA) is 21.3 Å². The van der Waals surface area contributed by atoms with E-state index in [-0.39, 0.29) is 17.5 Å². The van der Waals surface area contributed by atoms with Crippen molar-refractivity contribution >= 4 is 11.6 Å². The van der Waals surface area contributed by atoms with Crippen LogP contribution in [-0.2, 0) is 11.2 Å². The summed E-state index contributed by atoms with van der Waals surface area (Å²) in [7, 11) is 1.75. The Hall–Kier alpha value is -0.640. The molecular formula is C16H23ClFNO. The lowest BCUT2D eigenvalue weighted by molar-refractivity contribution is -0.0981. The average molecular weight is 300 g/mol. The van der Waals surface area contributed by atoms with Crippen LogP contribution in [0.25, 0.3) is 0 Å². The van der Waals surface area contributed by atoms with Crippen LogP contribution in [0.5, 0.6) is 0 Å². The number of hydrogen-bond acceptors (Lipinski definition) is 2. The Balaban J connectivity index is 2.19. The Bertz CT molecular complexity index is 422. The molecule has 1 aromatic rings. The smallest absolute Gasteiger partial charge is 0.127 e. The molecule has 0 spiro atoms. The third kappa shape index (κ3) is 3.16. The molecule has 1 unspecified atom stereocenters. The quantitative estimate of drug-likeness (QED) is 0.823. The van der Waals surface area contributed by atoms with Gasteiger partial charge in [-0.3, -0.25) is 0 Å². The number of nitrogens with one attached hydrogen (secondary N) is 1. The highest BCUT2D eigenvalue weighted by atomic mass is 35.5. The third-order valence-electron chi connectivity index (χ3n) is 4.35. The molecule has 0 radical (unpaired) electrons. The molecule has 1 aromatic carbocycles. The third-order valence-corrected chi connectivity index (χ3v) is 4.71. The molecule has 0 aromatic heterocycles. The normalized spacial score (nSPS) is 18.6. The van der Waals surface area contributed by atoms with Crippen molar-refractivity contribution in [2.45, 2.75) is 50.7 Å². The standard InChI is InChI=1S/C16H23ClFNO/c1-3-10-19-15(16(20-2)8-5-9-16)11-12-13(17)6-4-7-14(12)18/h4,6-7,15,19H,3,5,8-11H2,1-2H3. The van der Waals surface area contributed by atoms with Crippen molar-refractivity contribution < 1.29 is 9.13 Å². The van der Waals surface area contributed by atoms with E-state index in [1.54, 1.807) is 19.2 Å². The lowest BCUT2D eigenvalue weighted by atomic mass is 9.72. The monoisotopic (exact) mass is 299 g/mol. The molecular weight excluding hydrogens is 277 g/mol. The van der Waals surface area contributed by atoms with Crippen LogP contribution in [0.1, 0.15) is 38.2 Å². The van der Waals surface area contributed by atoms with Crippen molar-refractivity contribution in [1.29, 1.82) is 0 Å². The lowest BCUT2D eigenvalue weighted by Crippen LogP contribution is -2.57. The van der Waals surface area contributed by atoms with E-state index < -0.39 is 0 Å². The molecule has 0 aliphatic heterocycles. The first-order chi connectivity index (χ1) is 9.63. The van der Waals surface area contributed by atoms with Gasteiger partial charge in [-0.1, -0.05) is 24.6 Å². The van der Waals surface area contributed by atoms with Gasteiger partial charge in [0.2, 0.25) is 0 Å². The molecule has 1 saturated carbocycles. The second-order valence-corrected chi connectivity index (χ2v) is 5.94. The van der Waals surface area contributed by atoms with Crippen LogP contribution in [-0.4, -0.2) is 25.3 Å². The second-order valence-electron chi connectivity index (χ2n) is 5.53. The Morgan fingerprint density at radius 2 is 2.20 bits per heavy atom. The first kappa shape index (κ1) is 15.7. The molecule has 1 atom stereocenters. The SMILES string of the molecule is CCCNC(Cc1c(F)cccc1Cl)C1(OC)CCC1. The van der Waals surface area contributed by atoms with E-state index >= 15 is 0 Å². The number of methoxy groups -OCH3 is 1. The highest BCUT2D eigenvalue weighted by molar-refractivity contribution is 6.31.